The number of benzene rings is 1. The molecule has 0 amide bonds. The van der Waals surface area contributed by atoms with Gasteiger partial charge in [0.15, 0.2) is 0 Å². The Morgan fingerprint density at radius 3 is 2.67 bits per heavy atom. The van der Waals surface area contributed by atoms with Gasteiger partial charge in [0.05, 0.1) is 11.1 Å². The number of rotatable bonds is 6. The topological polar surface area (TPSA) is 29.5 Å². The fourth-order valence-corrected chi connectivity index (χ4v) is 1.80. The molecule has 1 atom stereocenters. The molecule has 0 spiro atoms. The third-order valence-corrected chi connectivity index (χ3v) is 3.38. The molecule has 1 N–H and O–H groups in total. The lowest BCUT2D eigenvalue weighted by Crippen LogP contribution is -2.09. The van der Waals surface area contributed by atoms with Crippen LogP contribution in [-0.4, -0.2) is 24.7 Å². The molecule has 0 radical (unpaired) electrons. The number of halogens is 5. The van der Waals surface area contributed by atoms with Gasteiger partial charge in [0.2, 0.25) is 0 Å². The van der Waals surface area contributed by atoms with Crippen molar-refractivity contribution >= 4 is 27.5 Å². The first-order chi connectivity index (χ1) is 8.41. The second-order valence-electron chi connectivity index (χ2n) is 3.56. The van der Waals surface area contributed by atoms with E-state index < -0.39 is 25.0 Å². The molecule has 18 heavy (non-hydrogen) atoms. The summed E-state index contributed by atoms with van der Waals surface area (Å²) in [6, 6.07) is 2.43. The predicted molar refractivity (Wildman–Crippen MR) is 65.5 cm³/mol. The van der Waals surface area contributed by atoms with E-state index in [0.29, 0.717) is 4.47 Å². The molecule has 0 fully saturated rings. The average molecular weight is 348 g/mol. The van der Waals surface area contributed by atoms with Crippen LogP contribution in [0.4, 0.5) is 13.2 Å². The zero-order chi connectivity index (χ0) is 13.7. The molecule has 1 unspecified atom stereocenters. The van der Waals surface area contributed by atoms with E-state index in [1.54, 1.807) is 0 Å². The molecule has 0 saturated carbocycles. The summed E-state index contributed by atoms with van der Waals surface area (Å²) < 4.78 is 42.0. The van der Waals surface area contributed by atoms with Crippen LogP contribution in [0.25, 0.3) is 0 Å². The number of alkyl halides is 2. The molecule has 0 heterocycles. The molecule has 0 aliphatic carbocycles. The van der Waals surface area contributed by atoms with Crippen molar-refractivity contribution in [2.24, 2.45) is 0 Å². The molecule has 0 aromatic heterocycles. The quantitative estimate of drug-likeness (QED) is 0.624. The van der Waals surface area contributed by atoms with Gasteiger partial charge in [0, 0.05) is 23.1 Å². The molecule has 0 bridgehead atoms. The van der Waals surface area contributed by atoms with Crippen molar-refractivity contribution in [1.29, 1.82) is 0 Å². The monoisotopic (exact) mass is 346 g/mol. The van der Waals surface area contributed by atoms with Gasteiger partial charge in [0.25, 0.3) is 6.43 Å². The van der Waals surface area contributed by atoms with E-state index in [9.17, 15) is 18.3 Å². The van der Waals surface area contributed by atoms with Crippen LogP contribution >= 0.6 is 27.5 Å². The fraction of sp³-hybridized carbons (Fsp3) is 0.455. The molecule has 1 rings (SSSR count). The maximum absolute atomic E-state index is 13.5. The molecule has 102 valence electrons. The Kier molecular flexibility index (Phi) is 6.42. The van der Waals surface area contributed by atoms with Crippen molar-refractivity contribution in [3.8, 4) is 0 Å². The van der Waals surface area contributed by atoms with E-state index in [1.807, 2.05) is 0 Å². The highest BCUT2D eigenvalue weighted by Crippen LogP contribution is 2.29. The number of ether oxygens (including phenoxy) is 1. The molecule has 0 saturated heterocycles. The second-order valence-corrected chi connectivity index (χ2v) is 4.82. The lowest BCUT2D eigenvalue weighted by Gasteiger charge is -2.13. The smallest absolute Gasteiger partial charge is 0.261 e. The first kappa shape index (κ1) is 15.8. The van der Waals surface area contributed by atoms with Gasteiger partial charge < -0.3 is 9.84 Å². The Hall–Kier alpha value is -0.300. The average Bonchev–Trinajstić information content (AvgIpc) is 2.28. The summed E-state index contributed by atoms with van der Waals surface area (Å²) >= 11 is 8.83. The molecular formula is C11H11BrClF3O2. The number of hydrogen-bond acceptors (Lipinski definition) is 2. The zero-order valence-corrected chi connectivity index (χ0v) is 11.5. The number of hydrogen-bond donors (Lipinski definition) is 1. The van der Waals surface area contributed by atoms with Crippen molar-refractivity contribution in [1.82, 2.24) is 0 Å². The van der Waals surface area contributed by atoms with Crippen LogP contribution in [0.15, 0.2) is 16.6 Å². The van der Waals surface area contributed by atoms with Crippen molar-refractivity contribution in [2.45, 2.75) is 19.0 Å². The molecule has 1 aromatic rings. The standard InChI is InChI=1S/C11H11BrClF3O2/c12-7-4-9(14)6(3-8(7)13)10(17)1-2-18-5-11(15)16/h3-4,10-11,17H,1-2,5H2. The molecule has 1 aromatic carbocycles. The highest BCUT2D eigenvalue weighted by molar-refractivity contribution is 9.10. The van der Waals surface area contributed by atoms with Gasteiger partial charge in [-0.2, -0.15) is 0 Å². The Morgan fingerprint density at radius 1 is 1.39 bits per heavy atom. The Labute approximate surface area is 116 Å². The minimum atomic E-state index is -2.55. The molecule has 7 heteroatoms. The van der Waals surface area contributed by atoms with Gasteiger partial charge in [-0.25, -0.2) is 13.2 Å². The van der Waals surface area contributed by atoms with Crippen LogP contribution < -0.4 is 0 Å². The third kappa shape index (κ3) is 4.76. The maximum atomic E-state index is 13.5. The van der Waals surface area contributed by atoms with E-state index in [-0.39, 0.29) is 23.6 Å². The van der Waals surface area contributed by atoms with Gasteiger partial charge in [0.1, 0.15) is 12.4 Å². The van der Waals surface area contributed by atoms with Crippen molar-refractivity contribution < 1.29 is 23.0 Å². The Balaban J connectivity index is 2.56. The normalized spacial score (nSPS) is 13.1. The van der Waals surface area contributed by atoms with E-state index in [2.05, 4.69) is 20.7 Å². The summed E-state index contributed by atoms with van der Waals surface area (Å²) in [7, 11) is 0. The minimum absolute atomic E-state index is 0.0155. The zero-order valence-electron chi connectivity index (χ0n) is 9.18. The third-order valence-electron chi connectivity index (χ3n) is 2.18. The summed E-state index contributed by atoms with van der Waals surface area (Å²) in [5.41, 5.74) is 0.0175. The summed E-state index contributed by atoms with van der Waals surface area (Å²) in [5.74, 6) is -0.618. The van der Waals surface area contributed by atoms with Crippen molar-refractivity contribution in [2.75, 3.05) is 13.2 Å². The molecule has 0 aliphatic heterocycles. The first-order valence-corrected chi connectivity index (χ1v) is 6.27. The largest absolute Gasteiger partial charge is 0.388 e. The fourth-order valence-electron chi connectivity index (χ4n) is 1.32. The highest BCUT2D eigenvalue weighted by atomic mass is 79.9. The lowest BCUT2D eigenvalue weighted by molar-refractivity contribution is 0.00448. The number of aliphatic hydroxyl groups excluding tert-OH is 1. The van der Waals surface area contributed by atoms with E-state index in [1.165, 1.54) is 6.07 Å². The summed E-state index contributed by atoms with van der Waals surface area (Å²) in [6.45, 7) is -0.783. The maximum Gasteiger partial charge on any atom is 0.261 e. The first-order valence-electron chi connectivity index (χ1n) is 5.10. The van der Waals surface area contributed by atoms with Crippen LogP contribution in [0.3, 0.4) is 0 Å². The van der Waals surface area contributed by atoms with E-state index in [0.717, 1.165) is 6.07 Å². The molecule has 0 aliphatic rings. The number of aliphatic hydroxyl groups is 1. The van der Waals surface area contributed by atoms with Crippen LogP contribution in [0.1, 0.15) is 18.1 Å². The van der Waals surface area contributed by atoms with Crippen molar-refractivity contribution in [3.05, 3.63) is 33.0 Å². The van der Waals surface area contributed by atoms with Gasteiger partial charge in [-0.3, -0.25) is 0 Å². The molecular weight excluding hydrogens is 336 g/mol. The van der Waals surface area contributed by atoms with Gasteiger partial charge in [-0.05, 0) is 28.1 Å². The van der Waals surface area contributed by atoms with Crippen LogP contribution in [0.2, 0.25) is 5.02 Å². The van der Waals surface area contributed by atoms with Gasteiger partial charge in [-0.15, -0.1) is 0 Å². The minimum Gasteiger partial charge on any atom is -0.388 e. The summed E-state index contributed by atoms with van der Waals surface area (Å²) in [5, 5.41) is 9.96. The van der Waals surface area contributed by atoms with Gasteiger partial charge >= 0.3 is 0 Å². The van der Waals surface area contributed by atoms with Crippen LogP contribution in [0, 0.1) is 5.82 Å². The summed E-state index contributed by atoms with van der Waals surface area (Å²) in [6.07, 6.45) is -3.68. The Bertz CT molecular complexity index is 404. The lowest BCUT2D eigenvalue weighted by atomic mass is 10.1. The van der Waals surface area contributed by atoms with Crippen LogP contribution in [-0.2, 0) is 4.74 Å². The summed E-state index contributed by atoms with van der Waals surface area (Å²) in [4.78, 5) is 0. The second kappa shape index (κ2) is 7.33. The van der Waals surface area contributed by atoms with Crippen molar-refractivity contribution in [3.63, 3.8) is 0 Å². The van der Waals surface area contributed by atoms with E-state index in [4.69, 9.17) is 11.6 Å². The predicted octanol–water partition coefficient (Wildman–Crippen LogP) is 3.95. The van der Waals surface area contributed by atoms with Crippen LogP contribution in [0.5, 0.6) is 0 Å². The molecule has 2 nitrogen and oxygen atoms in total. The Morgan fingerprint density at radius 2 is 2.06 bits per heavy atom. The van der Waals surface area contributed by atoms with E-state index >= 15 is 0 Å². The van der Waals surface area contributed by atoms with Gasteiger partial charge in [-0.1, -0.05) is 11.6 Å². The highest BCUT2D eigenvalue weighted by Gasteiger charge is 2.15. The SMILES string of the molecule is OC(CCOCC(F)F)c1cc(Cl)c(Br)cc1F.